The molecule has 2 heterocycles. The van der Waals surface area contributed by atoms with E-state index in [4.69, 9.17) is 9.47 Å². The summed E-state index contributed by atoms with van der Waals surface area (Å²) in [6, 6.07) is -3.77. The molecule has 1 aromatic carbocycles. The van der Waals surface area contributed by atoms with E-state index < -0.39 is 162 Å². The second kappa shape index (κ2) is 30.1. The van der Waals surface area contributed by atoms with E-state index in [9.17, 15) is 57.8 Å². The second-order valence-electron chi connectivity index (χ2n) is 22.6. The minimum atomic E-state index is -1.69. The number of methoxy groups -OCH3 is 1. The van der Waals surface area contributed by atoms with Crippen molar-refractivity contribution in [3.05, 3.63) is 29.8 Å². The zero-order chi connectivity index (χ0) is 60.8. The van der Waals surface area contributed by atoms with E-state index in [1.165, 1.54) is 64.0 Å². The van der Waals surface area contributed by atoms with Gasteiger partial charge in [-0.2, -0.15) is 0 Å². The Morgan fingerprint density at radius 3 is 1.69 bits per heavy atom. The smallest absolute Gasteiger partial charge is 0.329 e. The van der Waals surface area contributed by atoms with Crippen LogP contribution in [-0.2, 0) is 63.9 Å². The van der Waals surface area contributed by atoms with E-state index in [0.29, 0.717) is 37.0 Å². The van der Waals surface area contributed by atoms with Crippen molar-refractivity contribution in [3.63, 3.8) is 0 Å². The Balaban J connectivity index is 2.27. The Kier molecular flexibility index (Phi) is 25.4. The zero-order valence-electron chi connectivity index (χ0n) is 50.2. The number of aliphatic carboxylic acids is 1. The molecule has 23 heteroatoms. The van der Waals surface area contributed by atoms with Gasteiger partial charge in [-0.05, 0) is 73.5 Å². The van der Waals surface area contributed by atoms with E-state index in [1.807, 2.05) is 6.92 Å². The number of carbonyl (C=O) groups is 11. The third kappa shape index (κ3) is 16.6. The van der Waals surface area contributed by atoms with Crippen LogP contribution in [0.25, 0.3) is 0 Å². The lowest BCUT2D eigenvalue weighted by Gasteiger charge is -2.41. The third-order valence-electron chi connectivity index (χ3n) is 15.8. The number of carboxylic acids is 1. The van der Waals surface area contributed by atoms with Crippen molar-refractivity contribution in [2.75, 3.05) is 55.4 Å². The average molecular weight is 1130 g/mol. The van der Waals surface area contributed by atoms with E-state index >= 15 is 0 Å². The molecule has 0 radical (unpaired) electrons. The molecule has 0 aliphatic carbocycles. The largest absolute Gasteiger partial charge is 0.497 e. The molecule has 2 aliphatic rings. The minimum absolute atomic E-state index is 0.106. The molecule has 23 nitrogen and oxygen atoms in total. The minimum Gasteiger partial charge on any atom is -0.497 e. The number of cyclic esters (lactones) is 1. The van der Waals surface area contributed by atoms with Crippen molar-refractivity contribution >= 4 is 65.1 Å². The van der Waals surface area contributed by atoms with Crippen molar-refractivity contribution in [2.45, 2.75) is 176 Å². The van der Waals surface area contributed by atoms with Crippen molar-refractivity contribution in [1.29, 1.82) is 0 Å². The van der Waals surface area contributed by atoms with Crippen LogP contribution in [0.1, 0.15) is 120 Å². The number of esters is 1. The summed E-state index contributed by atoms with van der Waals surface area (Å²) >= 11 is 0. The molecule has 2 fully saturated rings. The number of carboxylic acid groups (broad SMARTS) is 1. The van der Waals surface area contributed by atoms with E-state index in [0.717, 1.165) is 14.7 Å². The fraction of sp³-hybridized carbons (Fsp3) is 0.702. The van der Waals surface area contributed by atoms with Crippen molar-refractivity contribution < 1.29 is 67.3 Å². The fourth-order valence-electron chi connectivity index (χ4n) is 10.7. The van der Waals surface area contributed by atoms with Gasteiger partial charge in [-0.15, -0.1) is 0 Å². The Bertz CT molecular complexity index is 2380. The lowest BCUT2D eigenvalue weighted by molar-refractivity contribution is -0.165. The number of amides is 9. The summed E-state index contributed by atoms with van der Waals surface area (Å²) in [6.07, 6.45) is -0.488. The van der Waals surface area contributed by atoms with Crippen molar-refractivity contribution in [2.24, 2.45) is 29.6 Å². The first kappa shape index (κ1) is 67.5. The summed E-state index contributed by atoms with van der Waals surface area (Å²) in [5.74, 6) is -11.4. The van der Waals surface area contributed by atoms with Crippen molar-refractivity contribution in [1.82, 2.24) is 45.3 Å². The highest BCUT2D eigenvalue weighted by Crippen LogP contribution is 2.26. The van der Waals surface area contributed by atoms with Crippen LogP contribution in [-0.4, -0.2) is 209 Å². The molecular weight excluding hydrogens is 1030 g/mol. The van der Waals surface area contributed by atoms with Crippen LogP contribution in [0.15, 0.2) is 24.3 Å². The molecule has 0 spiro atoms. The van der Waals surface area contributed by atoms with Gasteiger partial charge in [0, 0.05) is 48.2 Å². The molecule has 2 aliphatic heterocycles. The molecule has 4 N–H and O–H groups in total. The molecule has 9 amide bonds. The second-order valence-corrected chi connectivity index (χ2v) is 22.6. The van der Waals surface area contributed by atoms with Gasteiger partial charge in [0.1, 0.15) is 54.1 Å². The van der Waals surface area contributed by atoms with Gasteiger partial charge in [0.05, 0.1) is 20.1 Å². The van der Waals surface area contributed by atoms with E-state index in [-0.39, 0.29) is 19.4 Å². The lowest BCUT2D eigenvalue weighted by atomic mass is 9.92. The van der Waals surface area contributed by atoms with E-state index in [2.05, 4.69) is 16.0 Å². The van der Waals surface area contributed by atoms with Gasteiger partial charge < -0.3 is 59.9 Å². The molecule has 80 heavy (non-hydrogen) atoms. The molecule has 3 rings (SSSR count). The third-order valence-corrected chi connectivity index (χ3v) is 15.8. The number of hydrogen-bond acceptors (Lipinski definition) is 13. The number of benzene rings is 1. The van der Waals surface area contributed by atoms with Crippen LogP contribution in [0.4, 0.5) is 0 Å². The Morgan fingerprint density at radius 1 is 0.637 bits per heavy atom. The molecule has 448 valence electrons. The molecule has 0 saturated carbocycles. The summed E-state index contributed by atoms with van der Waals surface area (Å²) in [6.45, 7) is 18.0. The summed E-state index contributed by atoms with van der Waals surface area (Å²) in [5.41, 5.74) is 0.581. The lowest BCUT2D eigenvalue weighted by Crippen LogP contribution is -2.63. The maximum Gasteiger partial charge on any atom is 0.329 e. The number of likely N-dealkylation sites (N-methyl/N-ethyl adjacent to an activating group) is 5. The van der Waals surface area contributed by atoms with Gasteiger partial charge in [-0.3, -0.25) is 47.9 Å². The number of rotatable bonds is 12. The van der Waals surface area contributed by atoms with Crippen LogP contribution in [0, 0.1) is 29.6 Å². The summed E-state index contributed by atoms with van der Waals surface area (Å²) < 4.78 is 11.2. The van der Waals surface area contributed by atoms with Crippen LogP contribution < -0.4 is 20.7 Å². The quantitative estimate of drug-likeness (QED) is 0.219. The predicted octanol–water partition coefficient (Wildman–Crippen LogP) is 2.32. The highest BCUT2D eigenvalue weighted by molar-refractivity contribution is 5.99. The number of nitrogens with zero attached hydrogens (tertiary/aromatic N) is 6. The topological polar surface area (TPSA) is 282 Å². The zero-order valence-corrected chi connectivity index (χ0v) is 50.2. The number of piperidine rings is 1. The standard InChI is InChI=1S/C57H91N9O14/c1-18-34(9)47-49(70)58-30-42(67)62(13)45(32(5)6)50(71)59-39(28-37-23-25-38(79-17)26-24-37)57(78)80-36(11)52(73)66-27-21-20-22-40(66)53(74)63(14)46(33(7)8)51(72)60-44(31(3)4)55(76)61(12)41(29-43(68)69)54(75)65(16)48(35(10)19-2)56(77)64(47)15/h23-26,31-36,39-41,44-48H,18-22,27-30H2,1-17H3,(H,58,70)(H,59,71)(H,60,72)(H,68,69)/t34-,35-,36+,39-,40-,41-,44-,45-,46-,47-,48-/m0/s1. The van der Waals surface area contributed by atoms with Gasteiger partial charge >= 0.3 is 11.9 Å². The number of carbonyl (C=O) groups excluding carboxylic acids is 10. The van der Waals surface area contributed by atoms with Crippen LogP contribution >= 0.6 is 0 Å². The Morgan fingerprint density at radius 2 is 1.16 bits per heavy atom. The van der Waals surface area contributed by atoms with Crippen LogP contribution in [0.3, 0.4) is 0 Å². The molecule has 1 aromatic rings. The van der Waals surface area contributed by atoms with Crippen LogP contribution in [0.2, 0.25) is 0 Å². The SMILES string of the molecule is CC[C@H](C)[C@H]1C(=O)NCC(=O)N(C)[C@@H](C(C)C)C(=O)N[C@@H](Cc2ccc(OC)cc2)C(=O)O[C@H](C)C(=O)N2CCCC[C@H]2C(=O)N(C)[C@@H](C(C)C)C(=O)N[C@@H](C(C)C)C(=O)N(C)[C@@H](CC(=O)O)C(=O)N(C)[C@@H]([C@@H](C)CC)C(=O)N1C. The Hall–Kier alpha value is -6.81. The van der Waals surface area contributed by atoms with Gasteiger partial charge in [-0.1, -0.05) is 94.2 Å². The Labute approximate surface area is 472 Å². The average Bonchev–Trinajstić information content (AvgIpc) is 3.41. The fourth-order valence-corrected chi connectivity index (χ4v) is 10.7. The maximum atomic E-state index is 14.9. The first-order chi connectivity index (χ1) is 37.4. The molecule has 0 bridgehead atoms. The maximum absolute atomic E-state index is 14.9. The normalized spacial score (nSPS) is 26.7. The molecular formula is C57H91N9O14. The number of nitrogens with one attached hydrogen (secondary N) is 3. The van der Waals surface area contributed by atoms with Gasteiger partial charge in [0.25, 0.3) is 5.91 Å². The summed E-state index contributed by atoms with van der Waals surface area (Å²) in [4.78, 5) is 165. The molecule has 0 unspecified atom stereocenters. The highest BCUT2D eigenvalue weighted by Gasteiger charge is 2.46. The van der Waals surface area contributed by atoms with Gasteiger partial charge in [0.2, 0.25) is 47.3 Å². The number of ether oxygens (including phenoxy) is 2. The predicted molar refractivity (Wildman–Crippen MR) is 297 cm³/mol. The summed E-state index contributed by atoms with van der Waals surface area (Å²) in [7, 11) is 8.24. The highest BCUT2D eigenvalue weighted by atomic mass is 16.5. The first-order valence-corrected chi connectivity index (χ1v) is 27.9. The monoisotopic (exact) mass is 1130 g/mol. The van der Waals surface area contributed by atoms with Crippen molar-refractivity contribution in [3.8, 4) is 5.75 Å². The number of fused-ring (bicyclic) bond motifs is 1. The first-order valence-electron chi connectivity index (χ1n) is 27.9. The molecule has 2 saturated heterocycles. The van der Waals surface area contributed by atoms with Gasteiger partial charge in [0.15, 0.2) is 6.10 Å². The number of hydrogen-bond donors (Lipinski definition) is 4. The summed E-state index contributed by atoms with van der Waals surface area (Å²) in [5, 5.41) is 18.4. The van der Waals surface area contributed by atoms with E-state index in [1.54, 1.807) is 86.6 Å². The van der Waals surface area contributed by atoms with Crippen LogP contribution in [0.5, 0.6) is 5.75 Å². The van der Waals surface area contributed by atoms with Gasteiger partial charge in [-0.25, -0.2) is 4.79 Å². The molecule has 0 aromatic heterocycles. The molecule has 11 atom stereocenters.